The van der Waals surface area contributed by atoms with E-state index in [4.69, 9.17) is 5.73 Å². The minimum absolute atomic E-state index is 0. The molecule has 90 valence electrons. The van der Waals surface area contributed by atoms with E-state index in [-0.39, 0.29) is 36.4 Å². The fraction of sp³-hybridized carbons (Fsp3) is 0.900. The molecule has 1 saturated carbocycles. The highest BCUT2D eigenvalue weighted by Crippen LogP contribution is 2.24. The molecule has 4 nitrogen and oxygen atoms in total. The quantitative estimate of drug-likeness (QED) is 0.663. The summed E-state index contributed by atoms with van der Waals surface area (Å²) in [4.78, 5) is 11.2. The molecule has 0 saturated heterocycles. The van der Waals surface area contributed by atoms with E-state index in [2.05, 4.69) is 5.32 Å². The van der Waals surface area contributed by atoms with Gasteiger partial charge < -0.3 is 16.2 Å². The summed E-state index contributed by atoms with van der Waals surface area (Å²) in [6.45, 7) is 2.40. The fourth-order valence-electron chi connectivity index (χ4n) is 1.86. The van der Waals surface area contributed by atoms with Gasteiger partial charge in [-0.3, -0.25) is 4.79 Å². The summed E-state index contributed by atoms with van der Waals surface area (Å²) in [5.41, 5.74) is 5.49. The average Bonchev–Trinajstić information content (AvgIpc) is 2.46. The first-order chi connectivity index (χ1) is 6.59. The van der Waals surface area contributed by atoms with Crippen LogP contribution in [-0.4, -0.2) is 29.7 Å². The molecular formula is C10H21ClN2O2. The first kappa shape index (κ1) is 14.7. The molecule has 1 fully saturated rings. The van der Waals surface area contributed by atoms with Gasteiger partial charge in [-0.15, -0.1) is 12.4 Å². The van der Waals surface area contributed by atoms with Crippen molar-refractivity contribution in [2.75, 3.05) is 6.54 Å². The highest BCUT2D eigenvalue weighted by molar-refractivity contribution is 5.85. The van der Waals surface area contributed by atoms with Gasteiger partial charge in [0.05, 0.1) is 6.10 Å². The number of halogens is 1. The lowest BCUT2D eigenvalue weighted by Crippen LogP contribution is -2.35. The van der Waals surface area contributed by atoms with Crippen LogP contribution in [0.3, 0.4) is 0 Å². The zero-order chi connectivity index (χ0) is 10.6. The molecule has 0 aromatic carbocycles. The third-order valence-electron chi connectivity index (χ3n) is 2.69. The zero-order valence-electron chi connectivity index (χ0n) is 9.11. The summed E-state index contributed by atoms with van der Waals surface area (Å²) in [6, 6.07) is -0.0940. The predicted molar refractivity (Wildman–Crippen MR) is 61.9 cm³/mol. The van der Waals surface area contributed by atoms with Crippen molar-refractivity contribution in [3.05, 3.63) is 0 Å². The highest BCUT2D eigenvalue weighted by Gasteiger charge is 2.25. The minimum Gasteiger partial charge on any atom is -0.393 e. The Hall–Kier alpha value is -0.320. The van der Waals surface area contributed by atoms with Gasteiger partial charge in [0.2, 0.25) is 5.91 Å². The zero-order valence-corrected chi connectivity index (χ0v) is 9.93. The molecule has 15 heavy (non-hydrogen) atoms. The van der Waals surface area contributed by atoms with Gasteiger partial charge in [0.15, 0.2) is 0 Å². The molecule has 1 amide bonds. The second-order valence-electron chi connectivity index (χ2n) is 4.24. The van der Waals surface area contributed by atoms with Gasteiger partial charge in [-0.25, -0.2) is 0 Å². The van der Waals surface area contributed by atoms with E-state index < -0.39 is 0 Å². The number of amides is 1. The summed E-state index contributed by atoms with van der Waals surface area (Å²) >= 11 is 0. The lowest BCUT2D eigenvalue weighted by Gasteiger charge is -2.15. The van der Waals surface area contributed by atoms with Gasteiger partial charge in [-0.05, 0) is 19.8 Å². The highest BCUT2D eigenvalue weighted by atomic mass is 35.5. The third-order valence-corrected chi connectivity index (χ3v) is 2.69. The normalized spacial score (nSPS) is 26.9. The van der Waals surface area contributed by atoms with Crippen LogP contribution in [0.25, 0.3) is 0 Å². The van der Waals surface area contributed by atoms with Crippen molar-refractivity contribution in [3.63, 3.8) is 0 Å². The van der Waals surface area contributed by atoms with Crippen LogP contribution in [0.5, 0.6) is 0 Å². The van der Waals surface area contributed by atoms with Crippen molar-refractivity contribution in [1.82, 2.24) is 5.32 Å². The Bertz CT molecular complexity index is 200. The molecule has 0 aromatic heterocycles. The Labute approximate surface area is 97.0 Å². The molecule has 5 heteroatoms. The predicted octanol–water partition coefficient (Wildman–Crippen LogP) is 0.423. The molecule has 0 radical (unpaired) electrons. The van der Waals surface area contributed by atoms with Gasteiger partial charge in [-0.2, -0.15) is 0 Å². The van der Waals surface area contributed by atoms with Gasteiger partial charge in [0.1, 0.15) is 0 Å². The maximum atomic E-state index is 11.2. The fourth-order valence-corrected chi connectivity index (χ4v) is 1.86. The minimum atomic E-state index is -0.231. The van der Waals surface area contributed by atoms with E-state index in [1.165, 1.54) is 0 Å². The number of nitrogens with two attached hydrogens (primary N) is 1. The number of carbonyl (C=O) groups excluding carboxylic acids is 1. The molecule has 1 rings (SSSR count). The molecule has 0 heterocycles. The molecule has 0 aliphatic heterocycles. The third kappa shape index (κ3) is 5.35. The first-order valence-electron chi connectivity index (χ1n) is 5.30. The van der Waals surface area contributed by atoms with Crippen LogP contribution in [-0.2, 0) is 4.79 Å². The van der Waals surface area contributed by atoms with Crippen molar-refractivity contribution in [2.45, 2.75) is 44.8 Å². The Morgan fingerprint density at radius 1 is 1.60 bits per heavy atom. The summed E-state index contributed by atoms with van der Waals surface area (Å²) < 4.78 is 0. The van der Waals surface area contributed by atoms with Crippen molar-refractivity contribution in [3.8, 4) is 0 Å². The average molecular weight is 237 g/mol. The number of nitrogens with one attached hydrogen (secondary N) is 1. The van der Waals surface area contributed by atoms with Crippen molar-refractivity contribution in [2.24, 2.45) is 11.7 Å². The van der Waals surface area contributed by atoms with E-state index in [0.29, 0.717) is 13.0 Å². The number of carbonyl (C=O) groups is 1. The summed E-state index contributed by atoms with van der Waals surface area (Å²) in [6.07, 6.45) is 3.08. The van der Waals surface area contributed by atoms with Crippen LogP contribution in [0.1, 0.15) is 32.6 Å². The number of rotatable bonds is 4. The first-order valence-corrected chi connectivity index (χ1v) is 5.30. The van der Waals surface area contributed by atoms with Crippen LogP contribution in [0.2, 0.25) is 0 Å². The van der Waals surface area contributed by atoms with Gasteiger partial charge in [0, 0.05) is 24.9 Å². The number of aliphatic hydroxyl groups is 1. The Morgan fingerprint density at radius 3 is 2.73 bits per heavy atom. The van der Waals surface area contributed by atoms with Gasteiger partial charge >= 0.3 is 0 Å². The molecule has 0 bridgehead atoms. The van der Waals surface area contributed by atoms with Crippen LogP contribution >= 0.6 is 12.4 Å². The van der Waals surface area contributed by atoms with E-state index in [1.54, 1.807) is 0 Å². The Kier molecular flexibility index (Phi) is 6.89. The molecule has 1 aliphatic rings. The topological polar surface area (TPSA) is 75.4 Å². The number of aliphatic hydroxyl groups excluding tert-OH is 1. The van der Waals surface area contributed by atoms with Crippen molar-refractivity contribution < 1.29 is 9.90 Å². The van der Waals surface area contributed by atoms with Crippen LogP contribution in [0.4, 0.5) is 0 Å². The van der Waals surface area contributed by atoms with E-state index in [9.17, 15) is 9.90 Å². The maximum absolute atomic E-state index is 11.2. The molecule has 3 atom stereocenters. The monoisotopic (exact) mass is 236 g/mol. The van der Waals surface area contributed by atoms with E-state index in [0.717, 1.165) is 19.3 Å². The van der Waals surface area contributed by atoms with Crippen molar-refractivity contribution in [1.29, 1.82) is 0 Å². The summed E-state index contributed by atoms with van der Waals surface area (Å²) in [7, 11) is 0. The molecule has 0 spiro atoms. The Balaban J connectivity index is 0.00000196. The van der Waals surface area contributed by atoms with Crippen molar-refractivity contribution >= 4 is 18.3 Å². The largest absolute Gasteiger partial charge is 0.393 e. The standard InChI is InChI=1S/C10H20N2O2.ClH/c1-7(11)5-10(14)12-6-8-3-2-4-9(8)13;/h7-9,13H,2-6,11H2,1H3,(H,12,14);1H. The Morgan fingerprint density at radius 2 is 2.27 bits per heavy atom. The molecule has 1 aliphatic carbocycles. The van der Waals surface area contributed by atoms with E-state index in [1.807, 2.05) is 6.92 Å². The van der Waals surface area contributed by atoms with Gasteiger partial charge in [0.25, 0.3) is 0 Å². The second-order valence-corrected chi connectivity index (χ2v) is 4.24. The SMILES string of the molecule is CC(N)CC(=O)NCC1CCCC1O.Cl. The molecule has 3 unspecified atom stereocenters. The molecular weight excluding hydrogens is 216 g/mol. The number of hydrogen-bond donors (Lipinski definition) is 3. The maximum Gasteiger partial charge on any atom is 0.221 e. The van der Waals surface area contributed by atoms with E-state index >= 15 is 0 Å². The molecule has 4 N–H and O–H groups in total. The number of hydrogen-bond acceptors (Lipinski definition) is 3. The van der Waals surface area contributed by atoms with Crippen LogP contribution < -0.4 is 11.1 Å². The second kappa shape index (κ2) is 7.04. The van der Waals surface area contributed by atoms with Crippen LogP contribution in [0.15, 0.2) is 0 Å². The lowest BCUT2D eigenvalue weighted by molar-refractivity contribution is -0.121. The summed E-state index contributed by atoms with van der Waals surface area (Å²) in [5.74, 6) is 0.228. The van der Waals surface area contributed by atoms with Gasteiger partial charge in [-0.1, -0.05) is 6.42 Å². The molecule has 0 aromatic rings. The smallest absolute Gasteiger partial charge is 0.221 e. The summed E-state index contributed by atoms with van der Waals surface area (Å²) in [5, 5.41) is 12.3. The van der Waals surface area contributed by atoms with Crippen LogP contribution in [0, 0.1) is 5.92 Å². The lowest BCUT2D eigenvalue weighted by atomic mass is 10.1.